The van der Waals surface area contributed by atoms with Crippen molar-refractivity contribution < 1.29 is 11.3 Å². The van der Waals surface area contributed by atoms with E-state index in [-0.39, 0.29) is 23.0 Å². The Labute approximate surface area is 352 Å². The Bertz CT molecular complexity index is 3810. The number of nitrogens with zero attached hydrogens (tertiary/aromatic N) is 4. The molecule has 5 heteroatoms. The van der Waals surface area contributed by atoms with Gasteiger partial charge in [0, 0.05) is 38.4 Å². The van der Waals surface area contributed by atoms with Crippen molar-refractivity contribution in [3.8, 4) is 62.1 Å². The van der Waals surface area contributed by atoms with Crippen molar-refractivity contribution in [2.45, 2.75) is 0 Å². The Morgan fingerprint density at radius 2 is 1.02 bits per heavy atom. The zero-order chi connectivity index (χ0) is 43.9. The van der Waals surface area contributed by atoms with Gasteiger partial charge in [-0.3, -0.25) is 0 Å². The van der Waals surface area contributed by atoms with Crippen molar-refractivity contribution in [1.82, 2.24) is 19.5 Å². The summed E-state index contributed by atoms with van der Waals surface area (Å²) in [5.41, 5.74) is 9.32. The van der Waals surface area contributed by atoms with Crippen LogP contribution >= 0.6 is 0 Å². The van der Waals surface area contributed by atoms with Crippen molar-refractivity contribution in [2.75, 3.05) is 0 Å². The molecule has 60 heavy (non-hydrogen) atoms. The molecule has 5 nitrogen and oxygen atoms in total. The van der Waals surface area contributed by atoms with Crippen LogP contribution in [0, 0.1) is 0 Å². The van der Waals surface area contributed by atoms with Crippen LogP contribution in [0.25, 0.3) is 117 Å². The topological polar surface area (TPSA) is 56.7 Å². The highest BCUT2D eigenvalue weighted by molar-refractivity contribution is 6.13. The Balaban J connectivity index is 1.14. The van der Waals surface area contributed by atoms with Gasteiger partial charge in [0.1, 0.15) is 11.2 Å². The zero-order valence-corrected chi connectivity index (χ0v) is 31.9. The molecule has 0 spiro atoms. The maximum absolute atomic E-state index is 9.00. The van der Waals surface area contributed by atoms with Crippen molar-refractivity contribution >= 4 is 54.5 Å². The summed E-state index contributed by atoms with van der Waals surface area (Å²) >= 11 is 0. The lowest BCUT2D eigenvalue weighted by molar-refractivity contribution is 0.669. The fourth-order valence-corrected chi connectivity index (χ4v) is 8.54. The Morgan fingerprint density at radius 1 is 0.400 bits per heavy atom. The summed E-state index contributed by atoms with van der Waals surface area (Å²) in [5.74, 6) is 0.419. The minimum absolute atomic E-state index is 0.0574. The Kier molecular flexibility index (Phi) is 6.68. The second kappa shape index (κ2) is 13.8. The van der Waals surface area contributed by atoms with Crippen LogP contribution in [0.4, 0.5) is 0 Å². The van der Waals surface area contributed by atoms with Crippen molar-refractivity contribution in [3.63, 3.8) is 0 Å². The van der Waals surface area contributed by atoms with Crippen LogP contribution in [0.3, 0.4) is 0 Å². The molecule has 0 radical (unpaired) electrons. The van der Waals surface area contributed by atoms with E-state index in [1.165, 1.54) is 0 Å². The van der Waals surface area contributed by atoms with Crippen LogP contribution in [0.5, 0.6) is 0 Å². The van der Waals surface area contributed by atoms with Gasteiger partial charge in [0.15, 0.2) is 17.5 Å². The van der Waals surface area contributed by atoms with E-state index in [0.717, 1.165) is 71.3 Å². The van der Waals surface area contributed by atoms with Crippen molar-refractivity contribution in [3.05, 3.63) is 206 Å². The summed E-state index contributed by atoms with van der Waals surface area (Å²) in [6.45, 7) is 0. The summed E-state index contributed by atoms with van der Waals surface area (Å²) in [6, 6.07) is 57.3. The van der Waals surface area contributed by atoms with E-state index < -0.39 is 30.2 Å². The fraction of sp³-hybridized carbons (Fsp3) is 0. The quantitative estimate of drug-likeness (QED) is 0.169. The third-order valence-corrected chi connectivity index (χ3v) is 11.3. The minimum atomic E-state index is -0.500. The zero-order valence-electron chi connectivity index (χ0n) is 36.9. The smallest absolute Gasteiger partial charge is 0.167 e. The monoisotopic (exact) mass is 771 g/mol. The molecule has 0 saturated carbocycles. The van der Waals surface area contributed by atoms with Crippen LogP contribution in [-0.4, -0.2) is 19.5 Å². The highest BCUT2D eigenvalue weighted by atomic mass is 16.3. The minimum Gasteiger partial charge on any atom is -0.455 e. The highest BCUT2D eigenvalue weighted by Crippen LogP contribution is 2.42. The van der Waals surface area contributed by atoms with E-state index in [0.29, 0.717) is 22.3 Å². The van der Waals surface area contributed by atoms with Gasteiger partial charge in [0.2, 0.25) is 0 Å². The molecule has 3 aromatic heterocycles. The molecule has 3 heterocycles. The first-order valence-corrected chi connectivity index (χ1v) is 19.8. The number of para-hydroxylation sites is 2. The molecule has 0 aliphatic heterocycles. The van der Waals surface area contributed by atoms with Gasteiger partial charge in [0.25, 0.3) is 0 Å². The average Bonchev–Trinajstić information content (AvgIpc) is 3.90. The van der Waals surface area contributed by atoms with E-state index in [1.807, 2.05) is 103 Å². The van der Waals surface area contributed by atoms with E-state index in [9.17, 15) is 0 Å². The molecule has 280 valence electrons. The van der Waals surface area contributed by atoms with E-state index in [4.69, 9.17) is 26.2 Å². The molecule has 0 bridgehead atoms. The summed E-state index contributed by atoms with van der Waals surface area (Å²) < 4.78 is 52.5. The molecule has 12 rings (SSSR count). The number of hydrogen-bond acceptors (Lipinski definition) is 4. The first-order valence-electron chi connectivity index (χ1n) is 22.3. The number of hydrogen-bond donors (Lipinski definition) is 0. The largest absolute Gasteiger partial charge is 0.455 e. The molecular weight excluding hydrogens is 733 g/mol. The maximum Gasteiger partial charge on any atom is 0.167 e. The second-order valence-electron chi connectivity index (χ2n) is 14.8. The molecule has 0 fully saturated rings. The summed E-state index contributed by atoms with van der Waals surface area (Å²) in [4.78, 5) is 15.0. The molecular formula is C55H34N4O. The first kappa shape index (κ1) is 29.1. The summed E-state index contributed by atoms with van der Waals surface area (Å²) in [5, 5.41) is 6.20. The number of fused-ring (bicyclic) bond motifs is 7. The third kappa shape index (κ3) is 5.59. The molecule has 0 amide bonds. The lowest BCUT2D eigenvalue weighted by Crippen LogP contribution is -2.01. The number of furan rings is 1. The lowest BCUT2D eigenvalue weighted by atomic mass is 9.97. The molecule has 12 aromatic rings. The molecule has 0 saturated heterocycles. The molecule has 0 N–H and O–H groups in total. The van der Waals surface area contributed by atoms with Gasteiger partial charge in [-0.15, -0.1) is 0 Å². The van der Waals surface area contributed by atoms with Gasteiger partial charge in [-0.2, -0.15) is 0 Å². The van der Waals surface area contributed by atoms with Gasteiger partial charge in [0.05, 0.1) is 23.5 Å². The Hall–Kier alpha value is -8.15. The highest BCUT2D eigenvalue weighted by Gasteiger charge is 2.22. The molecule has 0 atom stereocenters. The van der Waals surface area contributed by atoms with Gasteiger partial charge in [-0.25, -0.2) is 15.0 Å². The SMILES string of the molecule is [2H]c1c([2H])c([2H])c(-c2nc(-c3ccc(-c4cccc5ccccc45)cc3)nc(-c3cc(-n4c5ccccc5c5ccccc54)cc4c3oc3ccc(-c5ccccc5)cc34)n2)c([2H])c1[2H]. The maximum atomic E-state index is 9.00. The average molecular weight is 772 g/mol. The Morgan fingerprint density at radius 3 is 1.78 bits per heavy atom. The molecule has 0 unspecified atom stereocenters. The number of benzene rings is 9. The van der Waals surface area contributed by atoms with Gasteiger partial charge >= 0.3 is 0 Å². The predicted octanol–water partition coefficient (Wildman–Crippen LogP) is 14.4. The van der Waals surface area contributed by atoms with Crippen molar-refractivity contribution in [2.24, 2.45) is 0 Å². The van der Waals surface area contributed by atoms with Crippen LogP contribution in [0.2, 0.25) is 0 Å². The number of rotatable bonds is 6. The van der Waals surface area contributed by atoms with Crippen LogP contribution < -0.4 is 0 Å². The number of aromatic nitrogens is 4. The molecule has 9 aromatic carbocycles. The normalized spacial score (nSPS) is 12.8. The standard InChI is InChI=1S/C55H34N4O/c1-3-14-35(15-4-1)40-30-31-51-46(32-40)47-33-41(59-49-24-11-9-21-44(49)45-22-10-12-25-50(45)59)34-48(52(47)60-51)55-57-53(38-17-5-2-6-18-38)56-54(58-55)39-28-26-37(27-29-39)43-23-13-19-36-16-7-8-20-42(36)43/h1-34H/i2D,5D,6D,17D,18D. The van der Waals surface area contributed by atoms with E-state index in [2.05, 4.69) is 77.4 Å². The first-order chi connectivity index (χ1) is 31.8. The third-order valence-electron chi connectivity index (χ3n) is 11.3. The summed E-state index contributed by atoms with van der Waals surface area (Å²) in [6.07, 6.45) is 0. The van der Waals surface area contributed by atoms with Gasteiger partial charge in [-0.05, 0) is 69.4 Å². The molecule has 0 aliphatic rings. The summed E-state index contributed by atoms with van der Waals surface area (Å²) in [7, 11) is 0. The van der Waals surface area contributed by atoms with Crippen LogP contribution in [0.15, 0.2) is 211 Å². The van der Waals surface area contributed by atoms with Crippen LogP contribution in [-0.2, 0) is 0 Å². The second-order valence-corrected chi connectivity index (χ2v) is 14.8. The van der Waals surface area contributed by atoms with Crippen LogP contribution in [0.1, 0.15) is 6.85 Å². The van der Waals surface area contributed by atoms with E-state index >= 15 is 0 Å². The van der Waals surface area contributed by atoms with E-state index in [1.54, 1.807) is 0 Å². The fourth-order valence-electron chi connectivity index (χ4n) is 8.54. The van der Waals surface area contributed by atoms with Crippen molar-refractivity contribution in [1.29, 1.82) is 0 Å². The molecule has 0 aliphatic carbocycles. The lowest BCUT2D eigenvalue weighted by Gasteiger charge is -2.13. The predicted molar refractivity (Wildman–Crippen MR) is 246 cm³/mol. The van der Waals surface area contributed by atoms with Gasteiger partial charge < -0.3 is 8.98 Å². The van der Waals surface area contributed by atoms with Gasteiger partial charge in [-0.1, -0.05) is 170 Å².